The van der Waals surface area contributed by atoms with Crippen molar-refractivity contribution < 1.29 is 18.0 Å². The van der Waals surface area contributed by atoms with Crippen LogP contribution < -0.4 is 11.1 Å². The van der Waals surface area contributed by atoms with Crippen LogP contribution in [0, 0.1) is 22.9 Å². The summed E-state index contributed by atoms with van der Waals surface area (Å²) < 4.78 is 39.3. The number of nitrogens with one attached hydrogen (secondary N) is 1. The van der Waals surface area contributed by atoms with Crippen LogP contribution in [-0.2, 0) is 4.79 Å². The first kappa shape index (κ1) is 15.5. The highest BCUT2D eigenvalue weighted by Crippen LogP contribution is 2.23. The van der Waals surface area contributed by atoms with Crippen molar-refractivity contribution in [3.63, 3.8) is 0 Å². The average Bonchev–Trinajstić information content (AvgIpc) is 2.21. The van der Waals surface area contributed by atoms with Gasteiger partial charge in [0, 0.05) is 24.6 Å². The molecule has 0 aliphatic carbocycles. The quantitative estimate of drug-likeness (QED) is 0.890. The molecule has 106 valence electrons. The number of amides is 1. The van der Waals surface area contributed by atoms with Crippen LogP contribution in [0.1, 0.15) is 27.2 Å². The Labute approximate surface area is 110 Å². The molecule has 0 radical (unpaired) electrons. The van der Waals surface area contributed by atoms with E-state index in [-0.39, 0.29) is 11.8 Å². The third-order valence-electron chi connectivity index (χ3n) is 2.79. The van der Waals surface area contributed by atoms with E-state index in [1.807, 2.05) is 20.8 Å². The van der Waals surface area contributed by atoms with Crippen LogP contribution in [0.4, 0.5) is 18.9 Å². The van der Waals surface area contributed by atoms with Crippen molar-refractivity contribution in [3.8, 4) is 0 Å². The van der Waals surface area contributed by atoms with Crippen molar-refractivity contribution in [2.24, 2.45) is 11.1 Å². The lowest BCUT2D eigenvalue weighted by atomic mass is 9.85. The highest BCUT2D eigenvalue weighted by molar-refractivity contribution is 5.91. The monoisotopic (exact) mass is 274 g/mol. The predicted octanol–water partition coefficient (Wildman–Crippen LogP) is 2.81. The maximum Gasteiger partial charge on any atom is 0.226 e. The molecule has 0 saturated heterocycles. The second-order valence-electron chi connectivity index (χ2n) is 5.47. The molecule has 1 aromatic carbocycles. The van der Waals surface area contributed by atoms with E-state index in [0.717, 1.165) is 0 Å². The van der Waals surface area contributed by atoms with Gasteiger partial charge in [0.25, 0.3) is 0 Å². The van der Waals surface area contributed by atoms with Gasteiger partial charge in [0.05, 0.1) is 0 Å². The molecule has 0 aliphatic heterocycles. The minimum Gasteiger partial charge on any atom is -0.327 e. The number of halogens is 3. The fraction of sp³-hybridized carbons (Fsp3) is 0.462. The molecule has 0 spiro atoms. The maximum absolute atomic E-state index is 13.3. The van der Waals surface area contributed by atoms with Crippen LogP contribution >= 0.6 is 0 Å². The first-order valence-electron chi connectivity index (χ1n) is 5.81. The molecule has 1 aromatic rings. The van der Waals surface area contributed by atoms with Gasteiger partial charge in [-0.3, -0.25) is 4.79 Å². The Morgan fingerprint density at radius 1 is 1.26 bits per heavy atom. The number of anilines is 1. The van der Waals surface area contributed by atoms with Crippen LogP contribution in [0.3, 0.4) is 0 Å². The van der Waals surface area contributed by atoms with E-state index >= 15 is 0 Å². The topological polar surface area (TPSA) is 55.1 Å². The summed E-state index contributed by atoms with van der Waals surface area (Å²) in [5, 5.41) is 2.07. The molecule has 3 nitrogen and oxygen atoms in total. The molecule has 0 bridgehead atoms. The summed E-state index contributed by atoms with van der Waals surface area (Å²) >= 11 is 0. The van der Waals surface area contributed by atoms with Gasteiger partial charge in [-0.25, -0.2) is 13.2 Å². The molecule has 1 unspecified atom stereocenters. The van der Waals surface area contributed by atoms with Gasteiger partial charge < -0.3 is 11.1 Å². The lowest BCUT2D eigenvalue weighted by molar-refractivity contribution is -0.117. The number of carbonyl (C=O) groups excluding carboxylic acids is 1. The number of benzene rings is 1. The minimum absolute atomic E-state index is 0.0836. The van der Waals surface area contributed by atoms with E-state index in [9.17, 15) is 18.0 Å². The molecular weight excluding hydrogens is 257 g/mol. The standard InChI is InChI=1S/C13H17F3N2O/c1-13(2,3)10(17)6-11(19)18-12-8(15)4-7(14)5-9(12)16/h4-5,10H,6,17H2,1-3H3,(H,18,19). The first-order valence-corrected chi connectivity index (χ1v) is 5.81. The van der Waals surface area contributed by atoms with Gasteiger partial charge in [0.15, 0.2) is 11.6 Å². The third-order valence-corrected chi connectivity index (χ3v) is 2.79. The Balaban J connectivity index is 2.79. The van der Waals surface area contributed by atoms with Crippen molar-refractivity contribution in [3.05, 3.63) is 29.6 Å². The zero-order valence-electron chi connectivity index (χ0n) is 11.1. The molecule has 1 rings (SSSR count). The predicted molar refractivity (Wildman–Crippen MR) is 67.0 cm³/mol. The molecule has 19 heavy (non-hydrogen) atoms. The summed E-state index contributed by atoms with van der Waals surface area (Å²) in [5.41, 5.74) is 4.83. The summed E-state index contributed by atoms with van der Waals surface area (Å²) in [7, 11) is 0. The lowest BCUT2D eigenvalue weighted by Crippen LogP contribution is -2.38. The molecule has 0 heterocycles. The Kier molecular flexibility index (Phi) is 4.57. The molecule has 0 aliphatic rings. The van der Waals surface area contributed by atoms with Gasteiger partial charge in [-0.1, -0.05) is 20.8 Å². The lowest BCUT2D eigenvalue weighted by Gasteiger charge is -2.26. The zero-order valence-corrected chi connectivity index (χ0v) is 11.1. The van der Waals surface area contributed by atoms with Crippen molar-refractivity contribution in [2.45, 2.75) is 33.2 Å². The largest absolute Gasteiger partial charge is 0.327 e. The number of nitrogens with two attached hydrogens (primary N) is 1. The normalized spacial score (nSPS) is 13.2. The zero-order chi connectivity index (χ0) is 14.8. The van der Waals surface area contributed by atoms with E-state index in [4.69, 9.17) is 5.73 Å². The fourth-order valence-corrected chi connectivity index (χ4v) is 1.36. The summed E-state index contributed by atoms with van der Waals surface area (Å²) in [6, 6.07) is 0.546. The molecule has 6 heteroatoms. The second kappa shape index (κ2) is 5.61. The number of hydrogen-bond donors (Lipinski definition) is 2. The summed E-state index contributed by atoms with van der Waals surface area (Å²) in [6.45, 7) is 5.55. The van der Waals surface area contributed by atoms with Crippen molar-refractivity contribution >= 4 is 11.6 Å². The Bertz CT molecular complexity index is 460. The van der Waals surface area contributed by atoms with E-state index in [2.05, 4.69) is 5.32 Å². The van der Waals surface area contributed by atoms with Gasteiger partial charge in [-0.15, -0.1) is 0 Å². The first-order chi connectivity index (χ1) is 8.61. The molecule has 0 aromatic heterocycles. The fourth-order valence-electron chi connectivity index (χ4n) is 1.36. The number of hydrogen-bond acceptors (Lipinski definition) is 2. The highest BCUT2D eigenvalue weighted by Gasteiger charge is 2.24. The van der Waals surface area contributed by atoms with Gasteiger partial charge in [0.1, 0.15) is 11.5 Å². The second-order valence-corrected chi connectivity index (χ2v) is 5.47. The van der Waals surface area contributed by atoms with Crippen molar-refractivity contribution in [2.75, 3.05) is 5.32 Å². The summed E-state index contributed by atoms with van der Waals surface area (Å²) in [5.74, 6) is -3.98. The molecule has 3 N–H and O–H groups in total. The van der Waals surface area contributed by atoms with Crippen LogP contribution in [0.15, 0.2) is 12.1 Å². The maximum atomic E-state index is 13.3. The third kappa shape index (κ3) is 4.24. The number of rotatable bonds is 3. The summed E-state index contributed by atoms with van der Waals surface area (Å²) in [6.07, 6.45) is -0.0836. The van der Waals surface area contributed by atoms with Crippen LogP contribution in [0.25, 0.3) is 0 Å². The van der Waals surface area contributed by atoms with E-state index < -0.39 is 35.1 Å². The van der Waals surface area contributed by atoms with Gasteiger partial charge in [-0.05, 0) is 5.41 Å². The van der Waals surface area contributed by atoms with Crippen molar-refractivity contribution in [1.82, 2.24) is 0 Å². The van der Waals surface area contributed by atoms with E-state index in [1.165, 1.54) is 0 Å². The smallest absolute Gasteiger partial charge is 0.226 e. The van der Waals surface area contributed by atoms with Crippen LogP contribution in [0.5, 0.6) is 0 Å². The Hall–Kier alpha value is -1.56. The summed E-state index contributed by atoms with van der Waals surface area (Å²) in [4.78, 5) is 11.6. The average molecular weight is 274 g/mol. The minimum atomic E-state index is -1.16. The van der Waals surface area contributed by atoms with Gasteiger partial charge in [0.2, 0.25) is 5.91 Å². The van der Waals surface area contributed by atoms with Gasteiger partial charge in [-0.2, -0.15) is 0 Å². The highest BCUT2D eigenvalue weighted by atomic mass is 19.1. The molecule has 1 atom stereocenters. The molecule has 1 amide bonds. The van der Waals surface area contributed by atoms with E-state index in [1.54, 1.807) is 0 Å². The Morgan fingerprint density at radius 3 is 2.16 bits per heavy atom. The van der Waals surface area contributed by atoms with Crippen LogP contribution in [-0.4, -0.2) is 11.9 Å². The Morgan fingerprint density at radius 2 is 1.74 bits per heavy atom. The number of carbonyl (C=O) groups is 1. The molecule has 0 saturated carbocycles. The van der Waals surface area contributed by atoms with Gasteiger partial charge >= 0.3 is 0 Å². The molecule has 0 fully saturated rings. The van der Waals surface area contributed by atoms with E-state index in [0.29, 0.717) is 12.1 Å². The van der Waals surface area contributed by atoms with Crippen molar-refractivity contribution in [1.29, 1.82) is 0 Å². The van der Waals surface area contributed by atoms with Crippen LogP contribution in [0.2, 0.25) is 0 Å². The SMILES string of the molecule is CC(C)(C)C(N)CC(=O)Nc1c(F)cc(F)cc1F. The molecular formula is C13H17F3N2O.